The van der Waals surface area contributed by atoms with E-state index in [0.29, 0.717) is 12.5 Å². The lowest BCUT2D eigenvalue weighted by Gasteiger charge is -2.40. The number of ether oxygens (including phenoxy) is 2. The molecule has 3 unspecified atom stereocenters. The van der Waals surface area contributed by atoms with Crippen LogP contribution >= 0.6 is 11.8 Å². The van der Waals surface area contributed by atoms with Crippen LogP contribution in [-0.2, 0) is 9.47 Å². The number of nitrogens with two attached hydrogens (primary N) is 1. The smallest absolute Gasteiger partial charge is 0.0783 e. The molecule has 0 aromatic rings. The van der Waals surface area contributed by atoms with E-state index in [1.165, 1.54) is 12.2 Å². The highest BCUT2D eigenvalue weighted by Gasteiger charge is 2.42. The molecule has 4 nitrogen and oxygen atoms in total. The van der Waals surface area contributed by atoms with Crippen molar-refractivity contribution in [1.82, 2.24) is 5.43 Å². The Morgan fingerprint density at radius 3 is 3.00 bits per heavy atom. The van der Waals surface area contributed by atoms with Crippen molar-refractivity contribution in [1.29, 1.82) is 0 Å². The SMILES string of the molecule is CC(C)OCC(NN)C1CCOC2(CCSC2)C1. The van der Waals surface area contributed by atoms with Crippen LogP contribution in [0.1, 0.15) is 33.1 Å². The zero-order chi connectivity index (χ0) is 13.0. The standard InChI is InChI=1S/C13H26N2O2S/c1-10(2)16-8-12(15-14)11-3-5-17-13(7-11)4-6-18-9-13/h10-12,15H,3-9,14H2,1-2H3. The predicted octanol–water partition coefficient (Wildman–Crippen LogP) is 1.55. The number of hydrazine groups is 1. The molecule has 2 heterocycles. The summed E-state index contributed by atoms with van der Waals surface area (Å²) in [5.74, 6) is 8.65. The zero-order valence-corrected chi connectivity index (χ0v) is 12.3. The Hall–Kier alpha value is 0.190. The van der Waals surface area contributed by atoms with Gasteiger partial charge in [-0.05, 0) is 44.8 Å². The second kappa shape index (κ2) is 6.57. The number of hydrogen-bond acceptors (Lipinski definition) is 5. The van der Waals surface area contributed by atoms with Crippen molar-refractivity contribution in [2.45, 2.75) is 50.9 Å². The number of thioether (sulfide) groups is 1. The van der Waals surface area contributed by atoms with Crippen LogP contribution in [-0.4, -0.2) is 42.5 Å². The number of rotatable bonds is 5. The first-order valence-corrected chi connectivity index (χ1v) is 8.10. The number of hydrogen-bond donors (Lipinski definition) is 2. The van der Waals surface area contributed by atoms with Crippen LogP contribution in [0, 0.1) is 5.92 Å². The van der Waals surface area contributed by atoms with E-state index in [9.17, 15) is 0 Å². The minimum atomic E-state index is 0.126. The van der Waals surface area contributed by atoms with Crippen LogP contribution in [0.3, 0.4) is 0 Å². The quantitative estimate of drug-likeness (QED) is 0.588. The van der Waals surface area contributed by atoms with Crippen molar-refractivity contribution in [3.05, 3.63) is 0 Å². The van der Waals surface area contributed by atoms with Crippen LogP contribution in [0.2, 0.25) is 0 Å². The van der Waals surface area contributed by atoms with Gasteiger partial charge in [-0.25, -0.2) is 0 Å². The molecule has 2 saturated heterocycles. The molecule has 0 aromatic carbocycles. The highest BCUT2D eigenvalue weighted by molar-refractivity contribution is 7.99. The van der Waals surface area contributed by atoms with Gasteiger partial charge in [0.05, 0.1) is 18.3 Å². The average molecular weight is 274 g/mol. The molecule has 1 spiro atoms. The molecule has 0 bridgehead atoms. The monoisotopic (exact) mass is 274 g/mol. The molecule has 0 aromatic heterocycles. The highest BCUT2D eigenvalue weighted by atomic mass is 32.2. The van der Waals surface area contributed by atoms with E-state index in [-0.39, 0.29) is 17.7 Å². The Bertz CT molecular complexity index is 257. The first-order valence-electron chi connectivity index (χ1n) is 6.95. The van der Waals surface area contributed by atoms with Crippen LogP contribution in [0.4, 0.5) is 0 Å². The summed E-state index contributed by atoms with van der Waals surface area (Å²) in [4.78, 5) is 0. The maximum Gasteiger partial charge on any atom is 0.0783 e. The van der Waals surface area contributed by atoms with E-state index in [1.54, 1.807) is 0 Å². The Kier molecular flexibility index (Phi) is 5.33. The lowest BCUT2D eigenvalue weighted by atomic mass is 9.81. The van der Waals surface area contributed by atoms with Crippen molar-refractivity contribution in [3.8, 4) is 0 Å². The first kappa shape index (κ1) is 14.6. The van der Waals surface area contributed by atoms with E-state index in [2.05, 4.69) is 19.3 Å². The third kappa shape index (κ3) is 3.61. The Labute approximate surface area is 114 Å². The topological polar surface area (TPSA) is 56.5 Å². The molecule has 0 radical (unpaired) electrons. The van der Waals surface area contributed by atoms with Crippen molar-refractivity contribution >= 4 is 11.8 Å². The van der Waals surface area contributed by atoms with Gasteiger partial charge in [0.25, 0.3) is 0 Å². The van der Waals surface area contributed by atoms with Gasteiger partial charge in [-0.3, -0.25) is 11.3 Å². The molecule has 2 aliphatic heterocycles. The van der Waals surface area contributed by atoms with Gasteiger partial charge in [0, 0.05) is 18.4 Å². The summed E-state index contributed by atoms with van der Waals surface area (Å²) in [6.07, 6.45) is 3.66. The summed E-state index contributed by atoms with van der Waals surface area (Å²) in [6.45, 7) is 5.69. The summed E-state index contributed by atoms with van der Waals surface area (Å²) in [5, 5.41) is 0. The van der Waals surface area contributed by atoms with Crippen molar-refractivity contribution in [2.24, 2.45) is 11.8 Å². The van der Waals surface area contributed by atoms with Crippen molar-refractivity contribution in [2.75, 3.05) is 24.7 Å². The van der Waals surface area contributed by atoms with Gasteiger partial charge in [0.2, 0.25) is 0 Å². The Balaban J connectivity index is 1.89. The molecule has 0 amide bonds. The van der Waals surface area contributed by atoms with Gasteiger partial charge in [0.1, 0.15) is 0 Å². The first-order chi connectivity index (χ1) is 8.65. The van der Waals surface area contributed by atoms with E-state index in [0.717, 1.165) is 25.2 Å². The van der Waals surface area contributed by atoms with Crippen molar-refractivity contribution < 1.29 is 9.47 Å². The highest BCUT2D eigenvalue weighted by Crippen LogP contribution is 2.41. The van der Waals surface area contributed by atoms with Gasteiger partial charge < -0.3 is 9.47 Å². The number of nitrogens with one attached hydrogen (secondary N) is 1. The largest absolute Gasteiger partial charge is 0.377 e. The molecular formula is C13H26N2O2S. The van der Waals surface area contributed by atoms with Crippen LogP contribution in [0.5, 0.6) is 0 Å². The minimum absolute atomic E-state index is 0.126. The lowest BCUT2D eigenvalue weighted by molar-refractivity contribution is -0.0910. The summed E-state index contributed by atoms with van der Waals surface area (Å²) in [6, 6.07) is 0.249. The average Bonchev–Trinajstić information content (AvgIpc) is 2.78. The summed E-state index contributed by atoms with van der Waals surface area (Å²) >= 11 is 2.01. The lowest BCUT2D eigenvalue weighted by Crippen LogP contribution is -2.51. The Morgan fingerprint density at radius 2 is 2.39 bits per heavy atom. The molecule has 2 aliphatic rings. The summed E-state index contributed by atoms with van der Waals surface area (Å²) in [5.41, 5.74) is 3.07. The molecule has 5 heteroatoms. The molecule has 3 N–H and O–H groups in total. The zero-order valence-electron chi connectivity index (χ0n) is 11.5. The molecule has 18 heavy (non-hydrogen) atoms. The van der Waals surface area contributed by atoms with E-state index in [1.807, 2.05) is 11.8 Å². The third-order valence-electron chi connectivity index (χ3n) is 3.99. The van der Waals surface area contributed by atoms with Crippen LogP contribution in [0.15, 0.2) is 0 Å². The molecule has 3 atom stereocenters. The van der Waals surface area contributed by atoms with Crippen LogP contribution in [0.25, 0.3) is 0 Å². The Morgan fingerprint density at radius 1 is 1.56 bits per heavy atom. The molecule has 0 aliphatic carbocycles. The predicted molar refractivity (Wildman–Crippen MR) is 75.5 cm³/mol. The second-order valence-corrected chi connectivity index (χ2v) is 6.85. The van der Waals surface area contributed by atoms with Crippen LogP contribution < -0.4 is 11.3 Å². The fourth-order valence-corrected chi connectivity index (χ4v) is 4.27. The summed E-state index contributed by atoms with van der Waals surface area (Å²) in [7, 11) is 0. The van der Waals surface area contributed by atoms with E-state index < -0.39 is 0 Å². The normalized spacial score (nSPS) is 34.3. The van der Waals surface area contributed by atoms with Gasteiger partial charge >= 0.3 is 0 Å². The fraction of sp³-hybridized carbons (Fsp3) is 1.00. The van der Waals surface area contributed by atoms with Gasteiger partial charge in [-0.15, -0.1) is 0 Å². The molecule has 2 rings (SSSR count). The van der Waals surface area contributed by atoms with E-state index >= 15 is 0 Å². The third-order valence-corrected chi connectivity index (χ3v) is 5.21. The van der Waals surface area contributed by atoms with Gasteiger partial charge in [-0.1, -0.05) is 0 Å². The summed E-state index contributed by atoms with van der Waals surface area (Å²) < 4.78 is 11.8. The van der Waals surface area contributed by atoms with Gasteiger partial charge in [0.15, 0.2) is 0 Å². The maximum atomic E-state index is 6.05. The van der Waals surface area contributed by atoms with Crippen molar-refractivity contribution in [3.63, 3.8) is 0 Å². The molecule has 0 saturated carbocycles. The molecular weight excluding hydrogens is 248 g/mol. The van der Waals surface area contributed by atoms with Gasteiger partial charge in [-0.2, -0.15) is 11.8 Å². The van der Waals surface area contributed by atoms with E-state index in [4.69, 9.17) is 15.3 Å². The molecule has 2 fully saturated rings. The maximum absolute atomic E-state index is 6.05. The second-order valence-electron chi connectivity index (χ2n) is 5.74. The fourth-order valence-electron chi connectivity index (χ4n) is 2.89. The molecule has 106 valence electrons. The minimum Gasteiger partial charge on any atom is -0.377 e.